The molecule has 0 aliphatic carbocycles. The van der Waals surface area contributed by atoms with Gasteiger partial charge in [0.15, 0.2) is 5.78 Å². The van der Waals surface area contributed by atoms with Gasteiger partial charge in [-0.15, -0.1) is 0 Å². The van der Waals surface area contributed by atoms with E-state index in [9.17, 15) is 14.7 Å². The number of anilines is 1. The Balaban J connectivity index is 2.50. The number of nitrogens with zero attached hydrogens (tertiary/aromatic N) is 1. The first-order valence-corrected chi connectivity index (χ1v) is 4.78. The maximum Gasteiger partial charge on any atom is 0.296 e. The molecule has 1 unspecified atom stereocenters. The van der Waals surface area contributed by atoms with Gasteiger partial charge in [0, 0.05) is 12.6 Å². The van der Waals surface area contributed by atoms with Gasteiger partial charge in [-0.25, -0.2) is 0 Å². The van der Waals surface area contributed by atoms with Crippen molar-refractivity contribution in [2.24, 2.45) is 0 Å². The number of carbonyl (C=O) groups is 2. The van der Waals surface area contributed by atoms with Gasteiger partial charge in [-0.1, -0.05) is 0 Å². The molecule has 0 bridgehead atoms. The zero-order valence-electron chi connectivity index (χ0n) is 8.93. The van der Waals surface area contributed by atoms with Crippen molar-refractivity contribution in [1.29, 1.82) is 0 Å². The van der Waals surface area contributed by atoms with Crippen LogP contribution in [0.2, 0.25) is 0 Å². The Labute approximate surface area is 92.2 Å². The van der Waals surface area contributed by atoms with E-state index in [1.165, 1.54) is 18.9 Å². The molecule has 1 aliphatic rings. The average Bonchev–Trinajstić information content (AvgIpc) is 2.25. The Kier molecular flexibility index (Phi) is 2.40. The fourth-order valence-electron chi connectivity index (χ4n) is 1.55. The highest BCUT2D eigenvalue weighted by Crippen LogP contribution is 2.33. The van der Waals surface area contributed by atoms with Crippen LogP contribution in [0.25, 0.3) is 0 Å². The summed E-state index contributed by atoms with van der Waals surface area (Å²) in [5.41, 5.74) is 0.987. The molecule has 16 heavy (non-hydrogen) atoms. The number of ketones is 1. The molecule has 1 aromatic rings. The number of hydrogen-bond donors (Lipinski definition) is 1. The zero-order chi connectivity index (χ0) is 11.9. The monoisotopic (exact) mass is 221 g/mol. The zero-order valence-corrected chi connectivity index (χ0v) is 8.93. The number of benzene rings is 1. The van der Waals surface area contributed by atoms with Crippen molar-refractivity contribution in [2.45, 2.75) is 13.2 Å². The molecule has 0 spiro atoms. The third kappa shape index (κ3) is 1.55. The molecule has 1 heterocycles. The highest BCUT2D eigenvalue weighted by atomic mass is 16.6. The normalized spacial score (nSPS) is 19.1. The molecule has 2 rings (SSSR count). The average molecular weight is 221 g/mol. The minimum atomic E-state index is -1.47. The Morgan fingerprint density at radius 2 is 2.19 bits per heavy atom. The van der Waals surface area contributed by atoms with Crippen molar-refractivity contribution in [1.82, 2.24) is 0 Å². The van der Waals surface area contributed by atoms with E-state index < -0.39 is 12.2 Å². The largest absolute Gasteiger partial charge is 0.453 e. The summed E-state index contributed by atoms with van der Waals surface area (Å²) in [6.07, 6.45) is -1.47. The summed E-state index contributed by atoms with van der Waals surface area (Å²) in [6, 6.07) is 4.73. The summed E-state index contributed by atoms with van der Waals surface area (Å²) in [7, 11) is 1.52. The third-order valence-corrected chi connectivity index (χ3v) is 2.51. The highest BCUT2D eigenvalue weighted by Gasteiger charge is 2.30. The summed E-state index contributed by atoms with van der Waals surface area (Å²) < 4.78 is 5.00. The van der Waals surface area contributed by atoms with Crippen molar-refractivity contribution in [3.63, 3.8) is 0 Å². The lowest BCUT2D eigenvalue weighted by atomic mass is 10.1. The molecular formula is C11H11NO4. The smallest absolute Gasteiger partial charge is 0.296 e. The SMILES string of the molecule is CC(=O)c1ccc2c(c1)N(C)C(=O)C(O)O2. The van der Waals surface area contributed by atoms with Crippen molar-refractivity contribution >= 4 is 17.4 Å². The molecule has 0 aromatic heterocycles. The second-order valence-electron chi connectivity index (χ2n) is 3.61. The Morgan fingerprint density at radius 3 is 2.81 bits per heavy atom. The second-order valence-corrected chi connectivity index (χ2v) is 3.61. The van der Waals surface area contributed by atoms with Crippen molar-refractivity contribution < 1.29 is 19.4 Å². The lowest BCUT2D eigenvalue weighted by molar-refractivity contribution is -0.141. The molecule has 1 amide bonds. The van der Waals surface area contributed by atoms with E-state index in [0.29, 0.717) is 17.0 Å². The molecule has 84 valence electrons. The number of fused-ring (bicyclic) bond motifs is 1. The van der Waals surface area contributed by atoms with Crippen LogP contribution in [0.5, 0.6) is 5.75 Å². The molecule has 0 radical (unpaired) electrons. The molecule has 0 fully saturated rings. The number of rotatable bonds is 1. The number of amides is 1. The first-order chi connectivity index (χ1) is 7.50. The van der Waals surface area contributed by atoms with Crippen LogP contribution in [0.15, 0.2) is 18.2 Å². The molecule has 1 aromatic carbocycles. The number of Topliss-reactive ketones (excluding diaryl/α,β-unsaturated/α-hetero) is 1. The van der Waals surface area contributed by atoms with Crippen LogP contribution >= 0.6 is 0 Å². The number of ether oxygens (including phenoxy) is 1. The lowest BCUT2D eigenvalue weighted by Gasteiger charge is -2.29. The maximum absolute atomic E-state index is 11.4. The van der Waals surface area contributed by atoms with Gasteiger partial charge in [-0.05, 0) is 25.1 Å². The maximum atomic E-state index is 11.4. The van der Waals surface area contributed by atoms with E-state index in [4.69, 9.17) is 4.74 Å². The second kappa shape index (κ2) is 3.61. The molecule has 1 N–H and O–H groups in total. The molecule has 5 heteroatoms. The number of carbonyl (C=O) groups excluding carboxylic acids is 2. The Bertz CT molecular complexity index is 469. The number of hydrogen-bond acceptors (Lipinski definition) is 4. The fourth-order valence-corrected chi connectivity index (χ4v) is 1.55. The molecule has 1 atom stereocenters. The van der Waals surface area contributed by atoms with Gasteiger partial charge in [0.05, 0.1) is 5.69 Å². The lowest BCUT2D eigenvalue weighted by Crippen LogP contribution is -2.43. The Hall–Kier alpha value is -1.88. The van der Waals surface area contributed by atoms with Gasteiger partial charge in [0.25, 0.3) is 12.2 Å². The predicted molar refractivity (Wildman–Crippen MR) is 56.5 cm³/mol. The van der Waals surface area contributed by atoms with Gasteiger partial charge in [0.1, 0.15) is 5.75 Å². The van der Waals surface area contributed by atoms with Gasteiger partial charge in [0.2, 0.25) is 0 Å². The van der Waals surface area contributed by atoms with E-state index in [1.54, 1.807) is 18.2 Å². The quantitative estimate of drug-likeness (QED) is 0.704. The topological polar surface area (TPSA) is 66.8 Å². The fraction of sp³-hybridized carbons (Fsp3) is 0.273. The van der Waals surface area contributed by atoms with Crippen LogP contribution in [0, 0.1) is 0 Å². The highest BCUT2D eigenvalue weighted by molar-refractivity contribution is 6.01. The Morgan fingerprint density at radius 1 is 1.50 bits per heavy atom. The van der Waals surface area contributed by atoms with Crippen molar-refractivity contribution in [3.05, 3.63) is 23.8 Å². The number of aliphatic hydroxyl groups is 1. The van der Waals surface area contributed by atoms with E-state index in [1.807, 2.05) is 0 Å². The molecule has 0 saturated heterocycles. The summed E-state index contributed by atoms with van der Waals surface area (Å²) in [4.78, 5) is 23.9. The van der Waals surface area contributed by atoms with Crippen molar-refractivity contribution in [3.8, 4) is 5.75 Å². The molecular weight excluding hydrogens is 210 g/mol. The van der Waals surface area contributed by atoms with Crippen LogP contribution < -0.4 is 9.64 Å². The number of aliphatic hydroxyl groups excluding tert-OH is 1. The first-order valence-electron chi connectivity index (χ1n) is 4.78. The summed E-state index contributed by atoms with van der Waals surface area (Å²) in [5, 5.41) is 9.29. The summed E-state index contributed by atoms with van der Waals surface area (Å²) in [5.74, 6) is -0.248. The van der Waals surface area contributed by atoms with E-state index in [0.717, 1.165) is 0 Å². The van der Waals surface area contributed by atoms with Gasteiger partial charge in [-0.3, -0.25) is 9.59 Å². The van der Waals surface area contributed by atoms with Gasteiger partial charge in [-0.2, -0.15) is 0 Å². The van der Waals surface area contributed by atoms with Crippen LogP contribution in [0.4, 0.5) is 5.69 Å². The van der Waals surface area contributed by atoms with E-state index in [-0.39, 0.29) is 5.78 Å². The minimum absolute atomic E-state index is 0.0882. The van der Waals surface area contributed by atoms with Crippen LogP contribution in [0.3, 0.4) is 0 Å². The number of likely N-dealkylation sites (N-methyl/N-ethyl adjacent to an activating group) is 1. The van der Waals surface area contributed by atoms with Gasteiger partial charge < -0.3 is 14.7 Å². The summed E-state index contributed by atoms with van der Waals surface area (Å²) >= 11 is 0. The van der Waals surface area contributed by atoms with Crippen LogP contribution in [-0.2, 0) is 4.79 Å². The molecule has 0 saturated carbocycles. The molecule has 5 nitrogen and oxygen atoms in total. The van der Waals surface area contributed by atoms with Crippen LogP contribution in [-0.4, -0.2) is 30.1 Å². The van der Waals surface area contributed by atoms with E-state index >= 15 is 0 Å². The van der Waals surface area contributed by atoms with E-state index in [2.05, 4.69) is 0 Å². The van der Waals surface area contributed by atoms with Gasteiger partial charge >= 0.3 is 0 Å². The predicted octanol–water partition coefficient (Wildman–Crippen LogP) is 0.563. The summed E-state index contributed by atoms with van der Waals surface area (Å²) in [6.45, 7) is 1.45. The standard InChI is InChI=1S/C11H11NO4/c1-6(13)7-3-4-9-8(5-7)12(2)10(14)11(15)16-9/h3-5,11,15H,1-2H3. The first kappa shape index (κ1) is 10.6. The minimum Gasteiger partial charge on any atom is -0.453 e. The van der Waals surface area contributed by atoms with Crippen molar-refractivity contribution in [2.75, 3.05) is 11.9 Å². The van der Waals surface area contributed by atoms with Crippen LogP contribution in [0.1, 0.15) is 17.3 Å². The third-order valence-electron chi connectivity index (χ3n) is 2.51. The molecule has 1 aliphatic heterocycles.